The van der Waals surface area contributed by atoms with E-state index in [1.54, 1.807) is 0 Å². The SMILES string of the molecule is CC(C)(C)C(=O)C12CC(C1)C2.CC(C)(C)C(=O)C12CCC(CC1)CC2.CC(C)(C)C(=O)CCC12CC(C1)C2. The van der Waals surface area contributed by atoms with Crippen LogP contribution in [0.3, 0.4) is 0 Å². The standard InChI is InChI=1S/C13H22O.C12H20O.C10H16O/c1-12(2,3)11(14)13-7-4-10(5-8-13)6-9-13;1-11(2,3)10(13)4-5-12-6-9(7-12)8-12;1-9(2,3)8(11)10-4-7(5-10)6-10/h10H,4-9H2,1-3H3;9H,4-8H2,1-3H3;7H,4-6H2,1-3H3. The highest BCUT2D eigenvalue weighted by atomic mass is 16.1. The van der Waals surface area contributed by atoms with Crippen LogP contribution in [0.15, 0.2) is 0 Å². The summed E-state index contributed by atoms with van der Waals surface area (Å²) in [7, 11) is 0. The van der Waals surface area contributed by atoms with Gasteiger partial charge < -0.3 is 0 Å². The summed E-state index contributed by atoms with van der Waals surface area (Å²) >= 11 is 0. The van der Waals surface area contributed by atoms with Gasteiger partial charge in [0.05, 0.1) is 0 Å². The lowest BCUT2D eigenvalue weighted by Gasteiger charge is -2.62. The molecule has 0 aromatic carbocycles. The van der Waals surface area contributed by atoms with Crippen molar-refractivity contribution in [3.63, 3.8) is 0 Å². The third kappa shape index (κ3) is 5.88. The third-order valence-corrected chi connectivity index (χ3v) is 11.3. The largest absolute Gasteiger partial charge is 0.299 e. The van der Waals surface area contributed by atoms with Gasteiger partial charge >= 0.3 is 0 Å². The summed E-state index contributed by atoms with van der Waals surface area (Å²) in [6, 6.07) is 0. The first kappa shape index (κ1) is 30.0. The Bertz CT molecular complexity index is 878. The van der Waals surface area contributed by atoms with E-state index in [1.165, 1.54) is 83.5 Å². The second kappa shape index (κ2) is 9.83. The molecule has 6 bridgehead atoms. The van der Waals surface area contributed by atoms with E-state index in [4.69, 9.17) is 0 Å². The first-order valence-corrected chi connectivity index (χ1v) is 15.9. The molecule has 0 atom stereocenters. The van der Waals surface area contributed by atoms with Crippen LogP contribution in [0.1, 0.15) is 152 Å². The number of ketones is 3. The van der Waals surface area contributed by atoms with Crippen LogP contribution in [0.25, 0.3) is 0 Å². The molecule has 0 aliphatic heterocycles. The maximum Gasteiger partial charge on any atom is 0.144 e. The van der Waals surface area contributed by atoms with E-state index in [0.717, 1.165) is 24.2 Å². The molecule has 9 aliphatic carbocycles. The van der Waals surface area contributed by atoms with Gasteiger partial charge in [-0.2, -0.15) is 0 Å². The highest BCUT2D eigenvalue weighted by Gasteiger charge is 2.62. The Morgan fingerprint density at radius 3 is 1.21 bits per heavy atom. The van der Waals surface area contributed by atoms with E-state index < -0.39 is 0 Å². The predicted molar refractivity (Wildman–Crippen MR) is 156 cm³/mol. The fourth-order valence-electron chi connectivity index (χ4n) is 8.65. The Morgan fingerprint density at radius 1 is 0.553 bits per heavy atom. The van der Waals surface area contributed by atoms with Gasteiger partial charge in [0, 0.05) is 33.5 Å². The Kier molecular flexibility index (Phi) is 7.75. The van der Waals surface area contributed by atoms with Gasteiger partial charge in [0.2, 0.25) is 0 Å². The molecule has 0 radical (unpaired) electrons. The first-order valence-electron chi connectivity index (χ1n) is 15.9. The molecule has 9 aliphatic rings. The molecule has 9 fully saturated rings. The average molecular weight is 527 g/mol. The van der Waals surface area contributed by atoms with Gasteiger partial charge in [0.1, 0.15) is 17.3 Å². The summed E-state index contributed by atoms with van der Waals surface area (Å²) in [5, 5.41) is 0. The summed E-state index contributed by atoms with van der Waals surface area (Å²) in [6.07, 6.45) is 17.3. The zero-order chi connectivity index (χ0) is 28.4. The fourth-order valence-corrected chi connectivity index (χ4v) is 8.65. The molecule has 0 unspecified atom stereocenters. The Balaban J connectivity index is 0.000000134. The molecule has 9 saturated carbocycles. The third-order valence-electron chi connectivity index (χ3n) is 11.3. The summed E-state index contributed by atoms with van der Waals surface area (Å²) in [5.74, 6) is 4.39. The Morgan fingerprint density at radius 2 is 0.947 bits per heavy atom. The summed E-state index contributed by atoms with van der Waals surface area (Å²) in [4.78, 5) is 35.9. The van der Waals surface area contributed by atoms with Gasteiger partial charge in [0.15, 0.2) is 0 Å². The monoisotopic (exact) mass is 526 g/mol. The van der Waals surface area contributed by atoms with Crippen LogP contribution in [0.4, 0.5) is 0 Å². The summed E-state index contributed by atoms with van der Waals surface area (Å²) in [5.41, 5.74) is 0.542. The van der Waals surface area contributed by atoms with Crippen LogP contribution in [0.5, 0.6) is 0 Å². The van der Waals surface area contributed by atoms with Gasteiger partial charge in [-0.25, -0.2) is 0 Å². The quantitative estimate of drug-likeness (QED) is 0.359. The molecular formula is C35H58O3. The Hall–Kier alpha value is -0.990. The van der Waals surface area contributed by atoms with E-state index in [2.05, 4.69) is 20.8 Å². The van der Waals surface area contributed by atoms with E-state index >= 15 is 0 Å². The molecule has 38 heavy (non-hydrogen) atoms. The molecule has 0 saturated heterocycles. The van der Waals surface area contributed by atoms with Gasteiger partial charge in [0.25, 0.3) is 0 Å². The molecule has 216 valence electrons. The zero-order valence-electron chi connectivity index (χ0n) is 26.4. The normalized spacial score (nSPS) is 38.0. The van der Waals surface area contributed by atoms with Gasteiger partial charge in [-0.15, -0.1) is 0 Å². The molecular weight excluding hydrogens is 468 g/mol. The van der Waals surface area contributed by atoms with E-state index in [-0.39, 0.29) is 27.1 Å². The molecule has 3 heteroatoms. The smallest absolute Gasteiger partial charge is 0.144 e. The van der Waals surface area contributed by atoms with Crippen LogP contribution in [-0.2, 0) is 14.4 Å². The summed E-state index contributed by atoms with van der Waals surface area (Å²) in [6.45, 7) is 18.4. The summed E-state index contributed by atoms with van der Waals surface area (Å²) < 4.78 is 0. The van der Waals surface area contributed by atoms with E-state index in [1.807, 2.05) is 41.5 Å². The highest BCUT2D eigenvalue weighted by molar-refractivity contribution is 5.92. The molecule has 0 heterocycles. The van der Waals surface area contributed by atoms with Crippen molar-refractivity contribution in [3.05, 3.63) is 0 Å². The fraction of sp³-hybridized carbons (Fsp3) is 0.914. The van der Waals surface area contributed by atoms with Crippen molar-refractivity contribution in [3.8, 4) is 0 Å². The zero-order valence-corrected chi connectivity index (χ0v) is 26.4. The first-order chi connectivity index (χ1) is 17.3. The minimum Gasteiger partial charge on any atom is -0.299 e. The molecule has 0 amide bonds. The van der Waals surface area contributed by atoms with Crippen molar-refractivity contribution in [2.24, 2.45) is 50.2 Å². The number of carbonyl (C=O) groups excluding carboxylic acids is 3. The van der Waals surface area contributed by atoms with Crippen LogP contribution in [-0.4, -0.2) is 17.3 Å². The van der Waals surface area contributed by atoms with Crippen LogP contribution < -0.4 is 0 Å². The Labute approximate surface area is 234 Å². The molecule has 0 spiro atoms. The maximum absolute atomic E-state index is 12.4. The maximum atomic E-state index is 12.4. The van der Waals surface area contributed by atoms with Crippen molar-refractivity contribution in [1.29, 1.82) is 0 Å². The number of hydrogen-bond donors (Lipinski definition) is 0. The van der Waals surface area contributed by atoms with Crippen molar-refractivity contribution in [2.45, 2.75) is 152 Å². The number of carbonyl (C=O) groups is 3. The van der Waals surface area contributed by atoms with Gasteiger partial charge in [-0.1, -0.05) is 62.3 Å². The van der Waals surface area contributed by atoms with Gasteiger partial charge in [-0.3, -0.25) is 14.4 Å². The number of fused-ring (bicyclic) bond motifs is 3. The number of Topliss-reactive ketones (excluding diaryl/α,β-unsaturated/α-hetero) is 3. The van der Waals surface area contributed by atoms with Crippen LogP contribution in [0.2, 0.25) is 0 Å². The molecule has 0 aromatic rings. The highest BCUT2D eigenvalue weighted by Crippen LogP contribution is 2.67. The lowest BCUT2D eigenvalue weighted by molar-refractivity contribution is -0.171. The average Bonchev–Trinajstić information content (AvgIpc) is 2.69. The van der Waals surface area contributed by atoms with Crippen LogP contribution >= 0.6 is 0 Å². The minimum absolute atomic E-state index is 0.0903. The van der Waals surface area contributed by atoms with Gasteiger partial charge in [-0.05, 0) is 107 Å². The van der Waals surface area contributed by atoms with Crippen molar-refractivity contribution in [2.75, 3.05) is 0 Å². The molecule has 3 nitrogen and oxygen atoms in total. The second-order valence-electron chi connectivity index (χ2n) is 17.8. The van der Waals surface area contributed by atoms with Crippen molar-refractivity contribution >= 4 is 17.3 Å². The number of rotatable bonds is 5. The van der Waals surface area contributed by atoms with Crippen molar-refractivity contribution < 1.29 is 14.4 Å². The molecule has 0 N–H and O–H groups in total. The second-order valence-corrected chi connectivity index (χ2v) is 17.8. The molecule has 0 aromatic heterocycles. The number of hydrogen-bond acceptors (Lipinski definition) is 3. The van der Waals surface area contributed by atoms with Crippen LogP contribution in [0, 0.1) is 50.2 Å². The van der Waals surface area contributed by atoms with Crippen molar-refractivity contribution in [1.82, 2.24) is 0 Å². The predicted octanol–water partition coefficient (Wildman–Crippen LogP) is 9.16. The topological polar surface area (TPSA) is 51.2 Å². The minimum atomic E-state index is -0.135. The van der Waals surface area contributed by atoms with E-state index in [9.17, 15) is 14.4 Å². The lowest BCUT2D eigenvalue weighted by Crippen LogP contribution is -2.59. The molecule has 9 rings (SSSR count). The van der Waals surface area contributed by atoms with E-state index in [0.29, 0.717) is 22.8 Å². The lowest BCUT2D eigenvalue weighted by atomic mass is 9.41.